The van der Waals surface area contributed by atoms with E-state index < -0.39 is 13.0 Å². The maximum atomic E-state index is 12.2. The van der Waals surface area contributed by atoms with Crippen LogP contribution in [0.1, 0.15) is 30.4 Å². The molecule has 2 N–H and O–H groups in total. The third-order valence-electron chi connectivity index (χ3n) is 3.96. The van der Waals surface area contributed by atoms with E-state index in [-0.39, 0.29) is 6.03 Å². The van der Waals surface area contributed by atoms with Crippen LogP contribution in [-0.2, 0) is 6.54 Å². The van der Waals surface area contributed by atoms with Gasteiger partial charge in [-0.1, -0.05) is 49.4 Å². The van der Waals surface area contributed by atoms with E-state index in [1.54, 1.807) is 24.3 Å². The minimum absolute atomic E-state index is 0.260. The number of ether oxygens (including phenoxy) is 1. The molecule has 0 aliphatic carbocycles. The van der Waals surface area contributed by atoms with Crippen LogP contribution in [0.3, 0.4) is 0 Å². The number of rotatable bonds is 9. The molecule has 0 aliphatic rings. The summed E-state index contributed by atoms with van der Waals surface area (Å²) < 4.78 is 29.3. The average molecular weight is 362 g/mol. The summed E-state index contributed by atoms with van der Waals surface area (Å²) in [5.41, 5.74) is 2.03. The summed E-state index contributed by atoms with van der Waals surface area (Å²) in [5, 5.41) is 5.58. The van der Waals surface area contributed by atoms with E-state index in [1.165, 1.54) is 5.56 Å². The van der Waals surface area contributed by atoms with Gasteiger partial charge in [0.05, 0.1) is 0 Å². The van der Waals surface area contributed by atoms with Crippen LogP contribution in [0.4, 0.5) is 13.6 Å². The van der Waals surface area contributed by atoms with Gasteiger partial charge in [0.15, 0.2) is 0 Å². The first kappa shape index (κ1) is 19.7. The fourth-order valence-corrected chi connectivity index (χ4v) is 2.50. The lowest BCUT2D eigenvalue weighted by Crippen LogP contribution is -2.35. The summed E-state index contributed by atoms with van der Waals surface area (Å²) in [6, 6.07) is 16.6. The van der Waals surface area contributed by atoms with Crippen molar-refractivity contribution < 1.29 is 18.3 Å². The molecule has 0 heterocycles. The Balaban J connectivity index is 1.69. The van der Waals surface area contributed by atoms with Crippen molar-refractivity contribution in [1.82, 2.24) is 10.6 Å². The highest BCUT2D eigenvalue weighted by molar-refractivity contribution is 5.73. The van der Waals surface area contributed by atoms with Crippen LogP contribution in [0.25, 0.3) is 0 Å². The quantitative estimate of drug-likeness (QED) is 0.698. The lowest BCUT2D eigenvalue weighted by Gasteiger charge is -2.13. The van der Waals surface area contributed by atoms with Crippen LogP contribution in [0.5, 0.6) is 5.75 Å². The smallest absolute Gasteiger partial charge is 0.315 e. The molecule has 2 amide bonds. The van der Waals surface area contributed by atoms with Crippen molar-refractivity contribution >= 4 is 6.03 Å². The number of hydrogen-bond donors (Lipinski definition) is 2. The zero-order chi connectivity index (χ0) is 18.8. The number of urea groups is 1. The van der Waals surface area contributed by atoms with Crippen LogP contribution >= 0.6 is 0 Å². The minimum Gasteiger partial charge on any atom is -0.488 e. The van der Waals surface area contributed by atoms with Gasteiger partial charge < -0.3 is 15.4 Å². The van der Waals surface area contributed by atoms with Gasteiger partial charge in [0.1, 0.15) is 12.4 Å². The summed E-state index contributed by atoms with van der Waals surface area (Å²) in [4.78, 5) is 11.9. The van der Waals surface area contributed by atoms with Gasteiger partial charge in [-0.3, -0.25) is 0 Å². The average Bonchev–Trinajstić information content (AvgIpc) is 2.65. The normalized spacial score (nSPS) is 11.8. The van der Waals surface area contributed by atoms with E-state index in [1.807, 2.05) is 18.2 Å². The van der Waals surface area contributed by atoms with Crippen molar-refractivity contribution in [3.8, 4) is 5.75 Å². The summed E-state index contributed by atoms with van der Waals surface area (Å²) in [5.74, 6) is 0.724. The van der Waals surface area contributed by atoms with Crippen LogP contribution in [0.2, 0.25) is 0 Å². The molecule has 0 bridgehead atoms. The van der Waals surface area contributed by atoms with Crippen LogP contribution in [0, 0.1) is 0 Å². The second kappa shape index (κ2) is 10.4. The minimum atomic E-state index is -2.51. The predicted octanol–water partition coefficient (Wildman–Crippen LogP) is 4.32. The topological polar surface area (TPSA) is 50.4 Å². The molecular weight excluding hydrogens is 338 g/mol. The Kier molecular flexibility index (Phi) is 7.86. The van der Waals surface area contributed by atoms with E-state index in [0.717, 1.165) is 12.0 Å². The summed E-state index contributed by atoms with van der Waals surface area (Å²) in [7, 11) is 0. The van der Waals surface area contributed by atoms with Gasteiger partial charge in [-0.15, -0.1) is 0 Å². The zero-order valence-electron chi connectivity index (χ0n) is 14.8. The molecule has 0 fully saturated rings. The molecule has 6 heteroatoms. The summed E-state index contributed by atoms with van der Waals surface area (Å²) in [6.07, 6.45) is -1.67. The Morgan fingerprint density at radius 1 is 1.08 bits per heavy atom. The van der Waals surface area contributed by atoms with Crippen molar-refractivity contribution in [1.29, 1.82) is 0 Å². The van der Waals surface area contributed by atoms with Crippen molar-refractivity contribution in [2.24, 2.45) is 0 Å². The number of carbonyl (C=O) groups excluding carboxylic acids is 1. The second-order valence-corrected chi connectivity index (χ2v) is 6.06. The first-order valence-corrected chi connectivity index (χ1v) is 8.61. The highest BCUT2D eigenvalue weighted by Gasteiger charge is 2.07. The lowest BCUT2D eigenvalue weighted by atomic mass is 9.98. The fraction of sp³-hybridized carbons (Fsp3) is 0.350. The number of carbonyl (C=O) groups is 1. The standard InChI is InChI=1S/C20H24F2N2O2/c1-15(17-7-3-2-4-8-17)10-11-23-20(25)24-13-16-6-5-9-18(12-16)26-14-19(21)22/h2-9,12,15,19H,10-11,13-14H2,1H3,(H2,23,24,25). The van der Waals surface area contributed by atoms with E-state index in [2.05, 4.69) is 29.7 Å². The highest BCUT2D eigenvalue weighted by Crippen LogP contribution is 2.17. The SMILES string of the molecule is CC(CCNC(=O)NCc1cccc(OCC(F)F)c1)c1ccccc1. The van der Waals surface area contributed by atoms with Gasteiger partial charge in [0.2, 0.25) is 0 Å². The van der Waals surface area contributed by atoms with Crippen molar-refractivity contribution in [2.75, 3.05) is 13.2 Å². The first-order valence-electron chi connectivity index (χ1n) is 8.61. The molecule has 2 rings (SSSR count). The molecule has 0 saturated heterocycles. The summed E-state index contributed by atoms with van der Waals surface area (Å²) >= 11 is 0. The molecule has 1 unspecified atom stereocenters. The van der Waals surface area contributed by atoms with Crippen molar-refractivity contribution in [2.45, 2.75) is 32.2 Å². The van der Waals surface area contributed by atoms with E-state index in [4.69, 9.17) is 4.74 Å². The van der Waals surface area contributed by atoms with Gasteiger partial charge in [0, 0.05) is 13.1 Å². The molecule has 2 aromatic carbocycles. The predicted molar refractivity (Wildman–Crippen MR) is 97.7 cm³/mol. The molecule has 0 radical (unpaired) electrons. The molecule has 0 spiro atoms. The Bertz CT molecular complexity index is 681. The third-order valence-corrected chi connectivity index (χ3v) is 3.96. The monoisotopic (exact) mass is 362 g/mol. The van der Waals surface area contributed by atoms with Gasteiger partial charge in [-0.25, -0.2) is 13.6 Å². The molecule has 0 saturated carbocycles. The van der Waals surface area contributed by atoms with Gasteiger partial charge in [0.25, 0.3) is 6.43 Å². The van der Waals surface area contributed by atoms with Crippen molar-refractivity contribution in [3.63, 3.8) is 0 Å². The van der Waals surface area contributed by atoms with Crippen LogP contribution in [-0.4, -0.2) is 25.6 Å². The van der Waals surface area contributed by atoms with E-state index in [9.17, 15) is 13.6 Å². The molecule has 0 aliphatic heterocycles. The number of alkyl halides is 2. The van der Waals surface area contributed by atoms with Gasteiger partial charge >= 0.3 is 6.03 Å². The number of nitrogens with one attached hydrogen (secondary N) is 2. The zero-order valence-corrected chi connectivity index (χ0v) is 14.8. The molecule has 140 valence electrons. The molecule has 2 aromatic rings. The summed E-state index contributed by atoms with van der Waals surface area (Å²) in [6.45, 7) is 2.35. The number of benzene rings is 2. The van der Waals surface area contributed by atoms with Crippen LogP contribution < -0.4 is 15.4 Å². The third kappa shape index (κ3) is 7.09. The number of halogens is 2. The molecule has 1 atom stereocenters. The van der Waals surface area contributed by atoms with Gasteiger partial charge in [-0.2, -0.15) is 0 Å². The van der Waals surface area contributed by atoms with Crippen LogP contribution in [0.15, 0.2) is 54.6 Å². The Labute approximate surface area is 152 Å². The Hall–Kier alpha value is -2.63. The maximum Gasteiger partial charge on any atom is 0.315 e. The number of hydrogen-bond acceptors (Lipinski definition) is 2. The number of amides is 2. The molecule has 4 nitrogen and oxygen atoms in total. The fourth-order valence-electron chi connectivity index (χ4n) is 2.50. The molecular formula is C20H24F2N2O2. The maximum absolute atomic E-state index is 12.2. The highest BCUT2D eigenvalue weighted by atomic mass is 19.3. The first-order chi connectivity index (χ1) is 12.5. The van der Waals surface area contributed by atoms with E-state index in [0.29, 0.717) is 24.8 Å². The molecule has 26 heavy (non-hydrogen) atoms. The Morgan fingerprint density at radius 2 is 1.85 bits per heavy atom. The lowest BCUT2D eigenvalue weighted by molar-refractivity contribution is 0.0818. The van der Waals surface area contributed by atoms with Gasteiger partial charge in [-0.05, 0) is 35.6 Å². The Morgan fingerprint density at radius 3 is 2.58 bits per heavy atom. The molecule has 0 aromatic heterocycles. The second-order valence-electron chi connectivity index (χ2n) is 6.06. The largest absolute Gasteiger partial charge is 0.488 e. The van der Waals surface area contributed by atoms with E-state index >= 15 is 0 Å². The van der Waals surface area contributed by atoms with Crippen molar-refractivity contribution in [3.05, 3.63) is 65.7 Å².